The van der Waals surface area contributed by atoms with Crippen molar-refractivity contribution in [3.05, 3.63) is 12.7 Å². The van der Waals surface area contributed by atoms with Gasteiger partial charge in [-0.25, -0.2) is 19.5 Å². The number of hydrogen-bond donors (Lipinski definition) is 7. The largest absolute Gasteiger partial charge is 0.528 e. The van der Waals surface area contributed by atoms with E-state index < -0.39 is 56.9 Å². The zero-order valence-electron chi connectivity index (χ0n) is 16.4. The molecule has 3 heterocycles. The van der Waals surface area contributed by atoms with Gasteiger partial charge in [0.2, 0.25) is 0 Å². The number of nitrogen functional groups attached to an aromatic ring is 1. The van der Waals surface area contributed by atoms with Gasteiger partial charge < -0.3 is 36.0 Å². The molecule has 6 atom stereocenters. The molecule has 2 aromatic heterocycles. The number of phosphoric ester groups is 1. The molecule has 0 saturated carbocycles. The van der Waals surface area contributed by atoms with Gasteiger partial charge in [-0.05, 0) is 6.42 Å². The van der Waals surface area contributed by atoms with E-state index in [2.05, 4.69) is 19.5 Å². The number of imidazole rings is 1. The zero-order chi connectivity index (χ0) is 23.6. The first-order chi connectivity index (χ1) is 15.0. The molecule has 1 fully saturated rings. The van der Waals surface area contributed by atoms with E-state index in [4.69, 9.17) is 31.2 Å². The average molecular weight is 475 g/mol. The number of nitrogens with zero attached hydrogens (tertiary/aromatic N) is 4. The molecule has 0 aliphatic carbocycles. The number of aliphatic carboxylic acids is 1. The van der Waals surface area contributed by atoms with Crippen LogP contribution in [0.5, 0.6) is 0 Å². The minimum Gasteiger partial charge on any atom is -0.480 e. The lowest BCUT2D eigenvalue weighted by Crippen LogP contribution is -2.33. The zero-order valence-corrected chi connectivity index (χ0v) is 17.3. The minimum absolute atomic E-state index is 0.104. The highest BCUT2D eigenvalue weighted by Gasteiger charge is 2.45. The lowest BCUT2D eigenvalue weighted by atomic mass is 10.1. The summed E-state index contributed by atoms with van der Waals surface area (Å²) < 4.78 is 28.2. The number of phosphoric acid groups is 1. The van der Waals surface area contributed by atoms with Crippen molar-refractivity contribution in [1.82, 2.24) is 19.5 Å². The van der Waals surface area contributed by atoms with Crippen LogP contribution in [-0.4, -0.2) is 82.6 Å². The maximum absolute atomic E-state index is 12.0. The summed E-state index contributed by atoms with van der Waals surface area (Å²) >= 11 is 0. The van der Waals surface area contributed by atoms with Crippen LogP contribution in [0.2, 0.25) is 0 Å². The maximum Gasteiger partial charge on any atom is 0.528 e. The van der Waals surface area contributed by atoms with E-state index >= 15 is 0 Å². The molecule has 0 aromatic carbocycles. The smallest absolute Gasteiger partial charge is 0.480 e. The van der Waals surface area contributed by atoms with Gasteiger partial charge in [0.15, 0.2) is 23.6 Å². The number of anilines is 1. The number of aliphatic hydroxyl groups is 2. The highest BCUT2D eigenvalue weighted by molar-refractivity contribution is 7.48. The first-order valence-electron chi connectivity index (χ1n) is 9.17. The maximum atomic E-state index is 12.0. The molecule has 17 heteroatoms. The molecule has 16 nitrogen and oxygen atoms in total. The third kappa shape index (κ3) is 5.18. The molecule has 1 aliphatic rings. The summed E-state index contributed by atoms with van der Waals surface area (Å²) in [5.41, 5.74) is 11.5. The third-order valence-electron chi connectivity index (χ3n) is 4.63. The minimum atomic E-state index is -4.80. The summed E-state index contributed by atoms with van der Waals surface area (Å²) in [5, 5.41) is 36.8. The molecule has 0 amide bonds. The second-order valence-corrected chi connectivity index (χ2v) is 8.27. The Bertz CT molecular complexity index is 1050. The number of aromatic nitrogens is 4. The second-order valence-electron chi connectivity index (χ2n) is 6.89. The van der Waals surface area contributed by atoms with Crippen LogP contribution in [0.1, 0.15) is 19.1 Å². The van der Waals surface area contributed by atoms with E-state index in [9.17, 15) is 24.5 Å². The Morgan fingerprint density at radius 1 is 1.34 bits per heavy atom. The fourth-order valence-corrected chi connectivity index (χ4v) is 3.70. The number of rotatable bonds is 9. The number of carboxylic acids is 1. The SMILES string of the molecule is N=C(CC[C@H](N)C(=O)O)OP(=O)(O)OC[C@H]1O[C@@H](n2cnc3c(N)ncnc32)[C@H](O)[C@@H]1O. The third-order valence-corrected chi connectivity index (χ3v) is 5.55. The highest BCUT2D eigenvalue weighted by Crippen LogP contribution is 2.45. The molecule has 32 heavy (non-hydrogen) atoms. The van der Waals surface area contributed by atoms with E-state index in [-0.39, 0.29) is 29.8 Å². The number of nitrogens with one attached hydrogen (secondary N) is 1. The Labute approximate surface area is 179 Å². The van der Waals surface area contributed by atoms with E-state index in [1.807, 2.05) is 0 Å². The van der Waals surface area contributed by atoms with Gasteiger partial charge in [0.1, 0.15) is 36.2 Å². The summed E-state index contributed by atoms with van der Waals surface area (Å²) in [6, 6.07) is -1.27. The summed E-state index contributed by atoms with van der Waals surface area (Å²) in [5.74, 6) is -1.89. The summed E-state index contributed by atoms with van der Waals surface area (Å²) in [7, 11) is -4.80. The van der Waals surface area contributed by atoms with Gasteiger partial charge in [0.25, 0.3) is 0 Å². The van der Waals surface area contributed by atoms with Crippen LogP contribution in [0, 0.1) is 5.41 Å². The summed E-state index contributed by atoms with van der Waals surface area (Å²) in [4.78, 5) is 32.3. The van der Waals surface area contributed by atoms with Crippen LogP contribution >= 0.6 is 7.82 Å². The number of ether oxygens (including phenoxy) is 1. The number of carbonyl (C=O) groups is 1. The monoisotopic (exact) mass is 475 g/mol. The first-order valence-corrected chi connectivity index (χ1v) is 10.7. The molecule has 2 aromatic rings. The molecule has 0 radical (unpaired) electrons. The lowest BCUT2D eigenvalue weighted by molar-refractivity contribution is -0.138. The van der Waals surface area contributed by atoms with Crippen molar-refractivity contribution in [2.75, 3.05) is 12.3 Å². The van der Waals surface area contributed by atoms with Crippen molar-refractivity contribution in [3.63, 3.8) is 0 Å². The van der Waals surface area contributed by atoms with Crippen molar-refractivity contribution in [2.45, 2.75) is 43.4 Å². The number of fused-ring (bicyclic) bond motifs is 1. The Hall–Kier alpha value is -2.72. The number of nitrogens with two attached hydrogens (primary N) is 2. The molecule has 176 valence electrons. The molecule has 0 bridgehead atoms. The van der Waals surface area contributed by atoms with Crippen LogP contribution in [0.4, 0.5) is 5.82 Å². The van der Waals surface area contributed by atoms with Crippen LogP contribution in [-0.2, 0) is 23.1 Å². The van der Waals surface area contributed by atoms with Gasteiger partial charge in [-0.15, -0.1) is 0 Å². The molecule has 3 rings (SSSR count). The van der Waals surface area contributed by atoms with Gasteiger partial charge in [-0.2, -0.15) is 0 Å². The Balaban J connectivity index is 1.59. The standard InChI is InChI=1S/C15H22N7O9P/c16-6(15(25)26)1-2-8(17)31-32(27,28)29-3-7-10(23)11(24)14(30-7)22-5-21-9-12(18)19-4-20-13(9)22/h4-7,10-11,14,17,23-24H,1-3,16H2,(H,25,26)(H,27,28)(H2,18,19,20)/t6-,7+,10+,11+,14+/m0/s1. The number of carboxylic acid groups (broad SMARTS) is 1. The fourth-order valence-electron chi connectivity index (χ4n) is 2.94. The van der Waals surface area contributed by atoms with Crippen molar-refractivity contribution in [2.24, 2.45) is 5.73 Å². The lowest BCUT2D eigenvalue weighted by Gasteiger charge is -2.18. The molecule has 0 spiro atoms. The van der Waals surface area contributed by atoms with Gasteiger partial charge in [-0.1, -0.05) is 0 Å². The van der Waals surface area contributed by atoms with Crippen LogP contribution in [0.25, 0.3) is 11.2 Å². The molecule has 9 N–H and O–H groups in total. The molecular weight excluding hydrogens is 453 g/mol. The second kappa shape index (κ2) is 9.41. The first kappa shape index (κ1) is 23.9. The fraction of sp³-hybridized carbons (Fsp3) is 0.533. The van der Waals surface area contributed by atoms with Crippen molar-refractivity contribution in [3.8, 4) is 0 Å². The molecule has 1 aliphatic heterocycles. The Kier molecular flexibility index (Phi) is 7.04. The summed E-state index contributed by atoms with van der Waals surface area (Å²) in [6.07, 6.45) is -3.42. The normalized spacial score (nSPS) is 26.0. The predicted octanol–water partition coefficient (Wildman–Crippen LogP) is -1.67. The van der Waals surface area contributed by atoms with Crippen LogP contribution in [0.15, 0.2) is 12.7 Å². The number of aliphatic hydroxyl groups excluding tert-OH is 2. The quantitative estimate of drug-likeness (QED) is 0.121. The van der Waals surface area contributed by atoms with E-state index in [0.717, 1.165) is 0 Å². The highest BCUT2D eigenvalue weighted by atomic mass is 31.2. The average Bonchev–Trinajstić information content (AvgIpc) is 3.27. The van der Waals surface area contributed by atoms with Crippen molar-refractivity contribution >= 4 is 36.7 Å². The van der Waals surface area contributed by atoms with E-state index in [1.54, 1.807) is 0 Å². The summed E-state index contributed by atoms with van der Waals surface area (Å²) in [6.45, 7) is -0.672. The van der Waals surface area contributed by atoms with Gasteiger partial charge in [0, 0.05) is 6.42 Å². The van der Waals surface area contributed by atoms with Crippen molar-refractivity contribution in [1.29, 1.82) is 5.41 Å². The van der Waals surface area contributed by atoms with Crippen molar-refractivity contribution < 1.29 is 43.4 Å². The van der Waals surface area contributed by atoms with Gasteiger partial charge in [0.05, 0.1) is 12.9 Å². The molecule has 1 saturated heterocycles. The Morgan fingerprint density at radius 3 is 2.75 bits per heavy atom. The topological polar surface area (TPSA) is 262 Å². The van der Waals surface area contributed by atoms with E-state index in [0.29, 0.717) is 0 Å². The Morgan fingerprint density at radius 2 is 2.06 bits per heavy atom. The predicted molar refractivity (Wildman–Crippen MR) is 105 cm³/mol. The molecular formula is C15H22N7O9P. The van der Waals surface area contributed by atoms with Gasteiger partial charge >= 0.3 is 13.8 Å². The van der Waals surface area contributed by atoms with Crippen LogP contribution in [0.3, 0.4) is 0 Å². The molecule has 1 unspecified atom stereocenters. The van der Waals surface area contributed by atoms with Crippen LogP contribution < -0.4 is 11.5 Å². The van der Waals surface area contributed by atoms with E-state index in [1.165, 1.54) is 17.2 Å². The number of hydrogen-bond acceptors (Lipinski definition) is 13. The van der Waals surface area contributed by atoms with Gasteiger partial charge in [-0.3, -0.25) is 24.2 Å².